The van der Waals surface area contributed by atoms with E-state index in [1.807, 2.05) is 47.1 Å². The molecule has 5 heteroatoms. The Balaban J connectivity index is 1.82. The molecule has 0 saturated heterocycles. The van der Waals surface area contributed by atoms with Crippen LogP contribution in [0.3, 0.4) is 0 Å². The van der Waals surface area contributed by atoms with Gasteiger partial charge in [-0.1, -0.05) is 32.0 Å². The molecule has 1 aliphatic rings. The van der Waals surface area contributed by atoms with Gasteiger partial charge in [-0.2, -0.15) is 0 Å². The van der Waals surface area contributed by atoms with E-state index in [1.54, 1.807) is 7.11 Å². The number of rotatable bonds is 5. The molecule has 0 radical (unpaired) electrons. The zero-order chi connectivity index (χ0) is 19.7. The van der Waals surface area contributed by atoms with Crippen molar-refractivity contribution < 1.29 is 9.53 Å². The van der Waals surface area contributed by atoms with Gasteiger partial charge in [-0.05, 0) is 54.7 Å². The molecule has 144 valence electrons. The van der Waals surface area contributed by atoms with Gasteiger partial charge in [0.15, 0.2) is 11.6 Å². The maximum absolute atomic E-state index is 12.9. The number of benzene rings is 2. The van der Waals surface area contributed by atoms with Crippen molar-refractivity contribution in [2.75, 3.05) is 12.4 Å². The summed E-state index contributed by atoms with van der Waals surface area (Å²) >= 11 is 0. The second kappa shape index (κ2) is 7.50. The number of nitrogens with one attached hydrogen (secondary N) is 1. The van der Waals surface area contributed by atoms with Crippen molar-refractivity contribution in [3.63, 3.8) is 0 Å². The Hall–Kier alpha value is -3.08. The molecule has 0 amide bonds. The number of ketones is 1. The first-order valence-electron chi connectivity index (χ1n) is 9.75. The number of aryl methyl sites for hydroxylation is 1. The fourth-order valence-electron chi connectivity index (χ4n) is 3.86. The van der Waals surface area contributed by atoms with E-state index in [0.717, 1.165) is 41.2 Å². The lowest BCUT2D eigenvalue weighted by atomic mass is 9.87. The quantitative estimate of drug-likeness (QED) is 0.685. The summed E-state index contributed by atoms with van der Waals surface area (Å²) < 4.78 is 7.17. The van der Waals surface area contributed by atoms with E-state index < -0.39 is 0 Å². The second-order valence-corrected chi connectivity index (χ2v) is 7.35. The molecule has 2 aromatic carbocycles. The zero-order valence-corrected chi connectivity index (χ0v) is 16.5. The van der Waals surface area contributed by atoms with Crippen LogP contribution < -0.4 is 10.1 Å². The third kappa shape index (κ3) is 3.28. The van der Waals surface area contributed by atoms with Crippen LogP contribution in [0.1, 0.15) is 41.9 Å². The Bertz CT molecular complexity index is 1010. The summed E-state index contributed by atoms with van der Waals surface area (Å²) in [6, 6.07) is 15.9. The molecule has 28 heavy (non-hydrogen) atoms. The molecule has 0 aliphatic heterocycles. The summed E-state index contributed by atoms with van der Waals surface area (Å²) in [4.78, 5) is 12.9. The van der Waals surface area contributed by atoms with E-state index in [0.29, 0.717) is 18.2 Å². The number of hydrogen-bond donors (Lipinski definition) is 1. The Labute approximate surface area is 165 Å². The molecule has 1 aliphatic carbocycles. The van der Waals surface area contributed by atoms with Gasteiger partial charge >= 0.3 is 0 Å². The first-order valence-corrected chi connectivity index (χ1v) is 9.75. The van der Waals surface area contributed by atoms with Gasteiger partial charge in [-0.15, -0.1) is 5.10 Å². The highest BCUT2D eigenvalue weighted by atomic mass is 16.5. The van der Waals surface area contributed by atoms with Crippen LogP contribution in [0.15, 0.2) is 48.5 Å². The summed E-state index contributed by atoms with van der Waals surface area (Å²) in [5.41, 5.74) is 4.83. The van der Waals surface area contributed by atoms with E-state index in [9.17, 15) is 4.79 Å². The molecule has 1 atom stereocenters. The number of carbonyl (C=O) groups is 1. The van der Waals surface area contributed by atoms with Gasteiger partial charge in [0.25, 0.3) is 0 Å². The SMILES string of the molecule is CCc1ccccc1Nc1nn(-c2ccc(OC)cc2)c2c1C(=O)CC(C)C2. The average molecular weight is 375 g/mol. The fraction of sp³-hybridized carbons (Fsp3) is 0.304. The van der Waals surface area contributed by atoms with E-state index in [2.05, 4.69) is 25.2 Å². The van der Waals surface area contributed by atoms with Gasteiger partial charge < -0.3 is 10.1 Å². The van der Waals surface area contributed by atoms with Crippen LogP contribution >= 0.6 is 0 Å². The number of methoxy groups -OCH3 is 1. The van der Waals surface area contributed by atoms with Crippen LogP contribution in [0.25, 0.3) is 5.69 Å². The molecule has 0 fully saturated rings. The van der Waals surface area contributed by atoms with Crippen LogP contribution in [0.4, 0.5) is 11.5 Å². The third-order valence-electron chi connectivity index (χ3n) is 5.30. The van der Waals surface area contributed by atoms with Crippen molar-refractivity contribution in [1.82, 2.24) is 9.78 Å². The molecule has 1 heterocycles. The van der Waals surface area contributed by atoms with Crippen LogP contribution in [0, 0.1) is 5.92 Å². The van der Waals surface area contributed by atoms with Gasteiger partial charge in [0.1, 0.15) is 5.75 Å². The number of carbonyl (C=O) groups excluding carboxylic acids is 1. The summed E-state index contributed by atoms with van der Waals surface area (Å²) in [5.74, 6) is 1.91. The van der Waals surface area contributed by atoms with E-state index in [4.69, 9.17) is 9.84 Å². The lowest BCUT2D eigenvalue weighted by molar-refractivity contribution is 0.0953. The molecule has 0 saturated carbocycles. The Kier molecular flexibility index (Phi) is 4.90. The molecular formula is C23H25N3O2. The molecule has 0 spiro atoms. The van der Waals surface area contributed by atoms with Crippen molar-refractivity contribution in [3.8, 4) is 11.4 Å². The van der Waals surface area contributed by atoms with Gasteiger partial charge in [-0.3, -0.25) is 4.79 Å². The molecule has 5 nitrogen and oxygen atoms in total. The standard InChI is InChI=1S/C23H25N3O2/c1-4-16-7-5-6-8-19(16)24-23-22-20(13-15(2)14-21(22)27)26(25-23)17-9-11-18(28-3)12-10-17/h5-12,15H,4,13-14H2,1-3H3,(H,24,25). The maximum Gasteiger partial charge on any atom is 0.168 e. The molecule has 4 rings (SSSR count). The summed E-state index contributed by atoms with van der Waals surface area (Å²) in [7, 11) is 1.65. The number of anilines is 2. The van der Waals surface area contributed by atoms with Gasteiger partial charge in [-0.25, -0.2) is 4.68 Å². The van der Waals surface area contributed by atoms with Crippen molar-refractivity contribution in [2.24, 2.45) is 5.92 Å². The van der Waals surface area contributed by atoms with Gasteiger partial charge in [0.05, 0.1) is 24.1 Å². The molecule has 0 bridgehead atoms. The van der Waals surface area contributed by atoms with Crippen molar-refractivity contribution in [2.45, 2.75) is 33.1 Å². The monoisotopic (exact) mass is 375 g/mol. The predicted octanol–water partition coefficient (Wildman–Crippen LogP) is 4.95. The lowest BCUT2D eigenvalue weighted by Crippen LogP contribution is -2.19. The summed E-state index contributed by atoms with van der Waals surface area (Å²) in [5, 5.41) is 8.25. The predicted molar refractivity (Wildman–Crippen MR) is 111 cm³/mol. The molecular weight excluding hydrogens is 350 g/mol. The van der Waals surface area contributed by atoms with E-state index in [1.165, 1.54) is 5.56 Å². The van der Waals surface area contributed by atoms with Crippen molar-refractivity contribution >= 4 is 17.3 Å². The lowest BCUT2D eigenvalue weighted by Gasteiger charge is -2.19. The van der Waals surface area contributed by atoms with E-state index in [-0.39, 0.29) is 5.78 Å². The Morgan fingerprint density at radius 2 is 1.89 bits per heavy atom. The van der Waals surface area contributed by atoms with Crippen LogP contribution in [-0.2, 0) is 12.8 Å². The number of hydrogen-bond acceptors (Lipinski definition) is 4. The molecule has 1 aromatic heterocycles. The summed E-state index contributed by atoms with van der Waals surface area (Å²) in [6.45, 7) is 4.24. The number of ether oxygens (including phenoxy) is 1. The minimum absolute atomic E-state index is 0.157. The topological polar surface area (TPSA) is 56.1 Å². The minimum Gasteiger partial charge on any atom is -0.497 e. The minimum atomic E-state index is 0.157. The van der Waals surface area contributed by atoms with Crippen LogP contribution in [-0.4, -0.2) is 22.7 Å². The third-order valence-corrected chi connectivity index (χ3v) is 5.30. The number of para-hydroxylation sites is 1. The number of fused-ring (bicyclic) bond motifs is 1. The fourth-order valence-corrected chi connectivity index (χ4v) is 3.86. The number of Topliss-reactive ketones (excluding diaryl/α,β-unsaturated/α-hetero) is 1. The molecule has 3 aromatic rings. The maximum atomic E-state index is 12.9. The van der Waals surface area contributed by atoms with Gasteiger partial charge in [0, 0.05) is 12.1 Å². The largest absolute Gasteiger partial charge is 0.497 e. The summed E-state index contributed by atoms with van der Waals surface area (Å²) in [6.07, 6.45) is 2.30. The van der Waals surface area contributed by atoms with Gasteiger partial charge in [0.2, 0.25) is 0 Å². The van der Waals surface area contributed by atoms with Crippen molar-refractivity contribution in [1.29, 1.82) is 0 Å². The Morgan fingerprint density at radius 3 is 2.61 bits per heavy atom. The molecule has 1 N–H and O–H groups in total. The molecule has 1 unspecified atom stereocenters. The Morgan fingerprint density at radius 1 is 1.14 bits per heavy atom. The average Bonchev–Trinajstić information content (AvgIpc) is 3.06. The van der Waals surface area contributed by atoms with E-state index >= 15 is 0 Å². The van der Waals surface area contributed by atoms with Crippen LogP contribution in [0.5, 0.6) is 5.75 Å². The smallest absolute Gasteiger partial charge is 0.168 e. The second-order valence-electron chi connectivity index (χ2n) is 7.35. The highest BCUT2D eigenvalue weighted by Gasteiger charge is 2.31. The zero-order valence-electron chi connectivity index (χ0n) is 16.5. The highest BCUT2D eigenvalue weighted by molar-refractivity contribution is 6.03. The highest BCUT2D eigenvalue weighted by Crippen LogP contribution is 2.34. The first-order chi connectivity index (χ1) is 13.6. The first kappa shape index (κ1) is 18.3. The number of nitrogens with zero attached hydrogens (tertiary/aromatic N) is 2. The van der Waals surface area contributed by atoms with Crippen molar-refractivity contribution in [3.05, 3.63) is 65.4 Å². The normalized spacial score (nSPS) is 16.0. The van der Waals surface area contributed by atoms with Crippen LogP contribution in [0.2, 0.25) is 0 Å². The number of aromatic nitrogens is 2.